The minimum atomic E-state index is -0.729. The first-order valence-corrected chi connectivity index (χ1v) is 8.33. The van der Waals surface area contributed by atoms with Crippen LogP contribution in [-0.4, -0.2) is 53.5 Å². The van der Waals surface area contributed by atoms with Crippen molar-refractivity contribution in [3.8, 4) is 0 Å². The molecule has 0 atom stereocenters. The number of thiazole rings is 1. The normalized spacial score (nSPS) is 15.1. The largest absolute Gasteiger partial charge is 0.450 e. The Balaban J connectivity index is 1.76. The van der Waals surface area contributed by atoms with Crippen LogP contribution in [0.15, 0.2) is 5.38 Å². The molecule has 23 heavy (non-hydrogen) atoms. The molecule has 1 saturated heterocycles. The average Bonchev–Trinajstić information content (AvgIpc) is 2.93. The summed E-state index contributed by atoms with van der Waals surface area (Å²) in [6, 6.07) is -0.128. The SMILES string of the molecule is CCOC(=O)N1CCC(NC(=O)C(=O)Nc2nc(C)cs2)CC1. The summed E-state index contributed by atoms with van der Waals surface area (Å²) < 4.78 is 4.93. The Hall–Kier alpha value is -2.16. The van der Waals surface area contributed by atoms with Gasteiger partial charge < -0.3 is 15.0 Å². The van der Waals surface area contributed by atoms with Crippen LogP contribution in [0, 0.1) is 6.92 Å². The van der Waals surface area contributed by atoms with E-state index < -0.39 is 11.8 Å². The Kier molecular flexibility index (Phi) is 5.91. The van der Waals surface area contributed by atoms with Crippen LogP contribution >= 0.6 is 11.3 Å². The molecule has 2 heterocycles. The number of carbonyl (C=O) groups excluding carboxylic acids is 3. The number of aromatic nitrogens is 1. The van der Waals surface area contributed by atoms with Crippen molar-refractivity contribution in [2.24, 2.45) is 0 Å². The zero-order chi connectivity index (χ0) is 16.8. The van der Waals surface area contributed by atoms with Crippen LogP contribution in [-0.2, 0) is 14.3 Å². The Bertz CT molecular complexity index is 581. The Morgan fingerprint density at radius 3 is 2.61 bits per heavy atom. The average molecular weight is 340 g/mol. The number of nitrogens with zero attached hydrogens (tertiary/aromatic N) is 2. The smallest absolute Gasteiger partial charge is 0.409 e. The number of rotatable bonds is 3. The third-order valence-corrected chi connectivity index (χ3v) is 4.28. The molecule has 1 fully saturated rings. The van der Waals surface area contributed by atoms with E-state index in [1.165, 1.54) is 11.3 Å². The van der Waals surface area contributed by atoms with Crippen molar-refractivity contribution in [1.82, 2.24) is 15.2 Å². The zero-order valence-corrected chi connectivity index (χ0v) is 13.9. The number of amides is 3. The summed E-state index contributed by atoms with van der Waals surface area (Å²) in [6.07, 6.45) is 0.844. The van der Waals surface area contributed by atoms with Crippen molar-refractivity contribution in [2.75, 3.05) is 25.0 Å². The van der Waals surface area contributed by atoms with E-state index in [1.54, 1.807) is 17.2 Å². The van der Waals surface area contributed by atoms with E-state index in [2.05, 4.69) is 15.6 Å². The molecule has 2 rings (SSSR count). The minimum absolute atomic E-state index is 0.128. The number of likely N-dealkylation sites (tertiary alicyclic amines) is 1. The van der Waals surface area contributed by atoms with Gasteiger partial charge in [0.15, 0.2) is 5.13 Å². The fourth-order valence-corrected chi connectivity index (χ4v) is 2.92. The first-order valence-electron chi connectivity index (χ1n) is 7.45. The van der Waals surface area contributed by atoms with Crippen LogP contribution in [0.3, 0.4) is 0 Å². The fourth-order valence-electron chi connectivity index (χ4n) is 2.24. The lowest BCUT2D eigenvalue weighted by molar-refractivity contribution is -0.136. The fraction of sp³-hybridized carbons (Fsp3) is 0.571. The molecule has 9 heteroatoms. The predicted octanol–water partition coefficient (Wildman–Crippen LogP) is 1.13. The maximum Gasteiger partial charge on any atom is 0.409 e. The van der Waals surface area contributed by atoms with E-state index in [4.69, 9.17) is 4.74 Å². The number of nitrogens with one attached hydrogen (secondary N) is 2. The minimum Gasteiger partial charge on any atom is -0.450 e. The Labute approximate surface area is 138 Å². The zero-order valence-electron chi connectivity index (χ0n) is 13.1. The quantitative estimate of drug-likeness (QED) is 0.803. The van der Waals surface area contributed by atoms with Gasteiger partial charge in [0.1, 0.15) is 0 Å². The number of aryl methyl sites for hydroxylation is 1. The van der Waals surface area contributed by atoms with Gasteiger partial charge in [0, 0.05) is 24.5 Å². The maximum atomic E-state index is 11.9. The van der Waals surface area contributed by atoms with Crippen molar-refractivity contribution >= 4 is 34.4 Å². The highest BCUT2D eigenvalue weighted by Crippen LogP contribution is 2.14. The molecule has 1 aromatic heterocycles. The summed E-state index contributed by atoms with van der Waals surface area (Å²) in [5, 5.41) is 7.34. The van der Waals surface area contributed by atoms with Gasteiger partial charge in [0.05, 0.1) is 12.3 Å². The third-order valence-electron chi connectivity index (χ3n) is 3.40. The van der Waals surface area contributed by atoms with Crippen LogP contribution in [0.25, 0.3) is 0 Å². The van der Waals surface area contributed by atoms with Gasteiger partial charge >= 0.3 is 17.9 Å². The number of ether oxygens (including phenoxy) is 1. The predicted molar refractivity (Wildman–Crippen MR) is 85.2 cm³/mol. The van der Waals surface area contributed by atoms with Crippen molar-refractivity contribution in [2.45, 2.75) is 32.7 Å². The molecule has 3 amide bonds. The van der Waals surface area contributed by atoms with Gasteiger partial charge in [0.25, 0.3) is 0 Å². The summed E-state index contributed by atoms with van der Waals surface area (Å²) in [7, 11) is 0. The second-order valence-corrected chi connectivity index (χ2v) is 6.04. The molecule has 0 aliphatic carbocycles. The first-order chi connectivity index (χ1) is 11.0. The third kappa shape index (κ3) is 4.92. The molecule has 0 spiro atoms. The Morgan fingerprint density at radius 1 is 1.35 bits per heavy atom. The van der Waals surface area contributed by atoms with Crippen LogP contribution in [0.1, 0.15) is 25.5 Å². The van der Waals surface area contributed by atoms with Crippen LogP contribution in [0.5, 0.6) is 0 Å². The molecule has 126 valence electrons. The monoisotopic (exact) mass is 340 g/mol. The van der Waals surface area contributed by atoms with Gasteiger partial charge in [-0.25, -0.2) is 9.78 Å². The number of piperidine rings is 1. The van der Waals surface area contributed by atoms with Crippen molar-refractivity contribution < 1.29 is 19.1 Å². The lowest BCUT2D eigenvalue weighted by atomic mass is 10.1. The highest BCUT2D eigenvalue weighted by Gasteiger charge is 2.26. The highest BCUT2D eigenvalue weighted by molar-refractivity contribution is 7.14. The molecule has 1 aliphatic heterocycles. The summed E-state index contributed by atoms with van der Waals surface area (Å²) >= 11 is 1.27. The maximum absolute atomic E-state index is 11.9. The van der Waals surface area contributed by atoms with Crippen molar-refractivity contribution in [3.63, 3.8) is 0 Å². The molecule has 0 saturated carbocycles. The highest BCUT2D eigenvalue weighted by atomic mass is 32.1. The van der Waals surface area contributed by atoms with Crippen LogP contribution in [0.2, 0.25) is 0 Å². The molecular weight excluding hydrogens is 320 g/mol. The molecular formula is C14H20N4O4S. The van der Waals surface area contributed by atoms with Crippen molar-refractivity contribution in [1.29, 1.82) is 0 Å². The molecule has 0 bridgehead atoms. The van der Waals surface area contributed by atoms with E-state index in [1.807, 2.05) is 6.92 Å². The molecule has 1 aromatic rings. The molecule has 0 radical (unpaired) electrons. The number of anilines is 1. The second-order valence-electron chi connectivity index (χ2n) is 5.18. The van der Waals surface area contributed by atoms with Gasteiger partial charge in [-0.3, -0.25) is 14.9 Å². The van der Waals surface area contributed by atoms with E-state index in [0.717, 1.165) is 5.69 Å². The first kappa shape index (κ1) is 17.2. The Morgan fingerprint density at radius 2 is 2.04 bits per heavy atom. The van der Waals surface area contributed by atoms with Gasteiger partial charge in [-0.05, 0) is 26.7 Å². The number of carbonyl (C=O) groups is 3. The van der Waals surface area contributed by atoms with E-state index in [-0.39, 0.29) is 12.1 Å². The van der Waals surface area contributed by atoms with E-state index >= 15 is 0 Å². The summed E-state index contributed by atoms with van der Waals surface area (Å²) in [5.74, 6) is -1.42. The lowest BCUT2D eigenvalue weighted by Gasteiger charge is -2.31. The second kappa shape index (κ2) is 7.91. The summed E-state index contributed by atoms with van der Waals surface area (Å²) in [6.45, 7) is 4.90. The lowest BCUT2D eigenvalue weighted by Crippen LogP contribution is -2.49. The van der Waals surface area contributed by atoms with Crippen LogP contribution in [0.4, 0.5) is 9.93 Å². The summed E-state index contributed by atoms with van der Waals surface area (Å²) in [4.78, 5) is 41.0. The van der Waals surface area contributed by atoms with Gasteiger partial charge in [-0.2, -0.15) is 0 Å². The van der Waals surface area contributed by atoms with Gasteiger partial charge in [-0.15, -0.1) is 11.3 Å². The number of hydrogen-bond donors (Lipinski definition) is 2. The molecule has 8 nitrogen and oxygen atoms in total. The van der Waals surface area contributed by atoms with Gasteiger partial charge in [-0.1, -0.05) is 0 Å². The van der Waals surface area contributed by atoms with Gasteiger partial charge in [0.2, 0.25) is 0 Å². The topological polar surface area (TPSA) is 101 Å². The molecule has 0 aromatic carbocycles. The van der Waals surface area contributed by atoms with E-state index in [0.29, 0.717) is 37.7 Å². The van der Waals surface area contributed by atoms with E-state index in [9.17, 15) is 14.4 Å². The molecule has 1 aliphatic rings. The molecule has 2 N–H and O–H groups in total. The van der Waals surface area contributed by atoms with Crippen LogP contribution < -0.4 is 10.6 Å². The summed E-state index contributed by atoms with van der Waals surface area (Å²) in [5.41, 5.74) is 0.789. The number of hydrogen-bond acceptors (Lipinski definition) is 6. The van der Waals surface area contributed by atoms with Crippen molar-refractivity contribution in [3.05, 3.63) is 11.1 Å². The molecule has 0 unspecified atom stereocenters. The standard InChI is InChI=1S/C14H20N4O4S/c1-3-22-14(21)18-6-4-10(5-7-18)16-11(19)12(20)17-13-15-9(2)8-23-13/h8,10H,3-7H2,1-2H3,(H,16,19)(H,15,17,20).